The van der Waals surface area contributed by atoms with Gasteiger partial charge in [-0.2, -0.15) is 0 Å². The first-order valence-electron chi connectivity index (χ1n) is 9.33. The van der Waals surface area contributed by atoms with Crippen molar-refractivity contribution in [3.8, 4) is 0 Å². The van der Waals surface area contributed by atoms with E-state index in [1.165, 1.54) is 0 Å². The van der Waals surface area contributed by atoms with Gasteiger partial charge in [-0.25, -0.2) is 0 Å². The van der Waals surface area contributed by atoms with E-state index in [2.05, 4.69) is 12.2 Å². The van der Waals surface area contributed by atoms with E-state index >= 15 is 0 Å². The van der Waals surface area contributed by atoms with Crippen LogP contribution in [0.4, 0.5) is 0 Å². The first-order valence-corrected chi connectivity index (χ1v) is 9.33. The summed E-state index contributed by atoms with van der Waals surface area (Å²) in [5.74, 6) is 0.0310. The second kappa shape index (κ2) is 7.58. The molecule has 0 radical (unpaired) electrons. The van der Waals surface area contributed by atoms with Gasteiger partial charge >= 0.3 is 0 Å². The summed E-state index contributed by atoms with van der Waals surface area (Å²) in [6.45, 7) is 3.92. The van der Waals surface area contributed by atoms with E-state index in [1.807, 2.05) is 37.3 Å². The van der Waals surface area contributed by atoms with E-state index in [1.54, 1.807) is 6.20 Å². The minimum atomic E-state index is -0.427. The van der Waals surface area contributed by atoms with E-state index in [0.717, 1.165) is 42.3 Å². The minimum absolute atomic E-state index is 0.0310. The van der Waals surface area contributed by atoms with Crippen LogP contribution < -0.4 is 5.32 Å². The summed E-state index contributed by atoms with van der Waals surface area (Å²) in [6.07, 6.45) is 5.82. The second-order valence-corrected chi connectivity index (χ2v) is 7.70. The molecule has 0 bridgehead atoms. The lowest BCUT2D eigenvalue weighted by atomic mass is 9.61. The molecular weight excluding hydrogens is 326 g/mol. The molecule has 2 N–H and O–H groups in total. The van der Waals surface area contributed by atoms with Gasteiger partial charge in [0.1, 0.15) is 6.29 Å². The van der Waals surface area contributed by atoms with Crippen molar-refractivity contribution in [3.05, 3.63) is 58.8 Å². The molecule has 0 unspecified atom stereocenters. The Kier molecular flexibility index (Phi) is 5.42. The molecule has 26 heavy (non-hydrogen) atoms. The molecule has 2 aliphatic rings. The van der Waals surface area contributed by atoms with Crippen molar-refractivity contribution in [1.29, 1.82) is 0 Å². The van der Waals surface area contributed by atoms with Crippen LogP contribution in [0.2, 0.25) is 0 Å². The number of rotatable bonds is 5. The normalized spacial score (nSPS) is 28.7. The molecule has 0 aromatic heterocycles. The molecule has 3 rings (SSSR count). The number of ketones is 1. The van der Waals surface area contributed by atoms with Crippen LogP contribution in [0.1, 0.15) is 45.1 Å². The molecule has 0 amide bonds. The molecule has 3 atom stereocenters. The molecule has 1 aromatic rings. The Morgan fingerprint density at radius 1 is 1.35 bits per heavy atom. The molecule has 0 aliphatic heterocycles. The number of hydrogen-bond donors (Lipinski definition) is 2. The van der Waals surface area contributed by atoms with Gasteiger partial charge in [-0.05, 0) is 50.2 Å². The highest BCUT2D eigenvalue weighted by Gasteiger charge is 2.45. The fraction of sp³-hybridized carbons (Fsp3) is 0.455. The van der Waals surface area contributed by atoms with Crippen LogP contribution in [0.25, 0.3) is 0 Å². The molecule has 1 fully saturated rings. The predicted molar refractivity (Wildman–Crippen MR) is 102 cm³/mol. The van der Waals surface area contributed by atoms with Crippen LogP contribution in [-0.4, -0.2) is 29.3 Å². The van der Waals surface area contributed by atoms with Gasteiger partial charge in [0.15, 0.2) is 5.78 Å². The summed E-state index contributed by atoms with van der Waals surface area (Å²) >= 11 is 0. The molecule has 4 nitrogen and oxygen atoms in total. The molecule has 1 aromatic carbocycles. The molecule has 138 valence electrons. The number of Topliss-reactive ketones (excluding diaryl/α,β-unsaturated/α-hetero) is 1. The van der Waals surface area contributed by atoms with Gasteiger partial charge in [-0.15, -0.1) is 0 Å². The topological polar surface area (TPSA) is 66.4 Å². The average Bonchev–Trinajstić information content (AvgIpc) is 2.65. The highest BCUT2D eigenvalue weighted by Crippen LogP contribution is 2.49. The molecule has 0 spiro atoms. The Morgan fingerprint density at radius 3 is 2.77 bits per heavy atom. The lowest BCUT2D eigenvalue weighted by Gasteiger charge is -2.45. The van der Waals surface area contributed by atoms with Crippen molar-refractivity contribution >= 4 is 12.1 Å². The summed E-state index contributed by atoms with van der Waals surface area (Å²) in [5.41, 5.74) is 3.21. The lowest BCUT2D eigenvalue weighted by Crippen LogP contribution is -2.42. The van der Waals surface area contributed by atoms with Crippen molar-refractivity contribution in [3.63, 3.8) is 0 Å². The second-order valence-electron chi connectivity index (χ2n) is 7.70. The number of carbonyl (C=O) groups is 2. The Bertz CT molecular complexity index is 750. The molecule has 0 saturated heterocycles. The molecule has 0 heterocycles. The van der Waals surface area contributed by atoms with Crippen molar-refractivity contribution < 1.29 is 14.7 Å². The summed E-state index contributed by atoms with van der Waals surface area (Å²) in [4.78, 5) is 24.2. The average molecular weight is 353 g/mol. The Labute approximate surface area is 155 Å². The summed E-state index contributed by atoms with van der Waals surface area (Å²) in [6, 6.07) is 9.42. The minimum Gasteiger partial charge on any atom is -0.392 e. The van der Waals surface area contributed by atoms with Crippen molar-refractivity contribution in [2.75, 3.05) is 0 Å². The van der Waals surface area contributed by atoms with Gasteiger partial charge in [0.2, 0.25) is 0 Å². The van der Waals surface area contributed by atoms with Crippen LogP contribution in [0.3, 0.4) is 0 Å². The number of nitrogens with one attached hydrogen (secondary N) is 1. The van der Waals surface area contributed by atoms with Gasteiger partial charge < -0.3 is 15.2 Å². The summed E-state index contributed by atoms with van der Waals surface area (Å²) < 4.78 is 0. The number of benzene rings is 1. The number of fused-ring (bicyclic) bond motifs is 1. The monoisotopic (exact) mass is 353 g/mol. The van der Waals surface area contributed by atoms with Crippen LogP contribution in [0.15, 0.2) is 53.3 Å². The van der Waals surface area contributed by atoms with Gasteiger partial charge in [-0.3, -0.25) is 4.79 Å². The van der Waals surface area contributed by atoms with Crippen LogP contribution in [-0.2, 0) is 16.0 Å². The summed E-state index contributed by atoms with van der Waals surface area (Å²) in [5, 5.41) is 13.7. The van der Waals surface area contributed by atoms with E-state index in [0.29, 0.717) is 18.4 Å². The predicted octanol–water partition coefficient (Wildman–Crippen LogP) is 3.11. The number of hydrogen-bond acceptors (Lipinski definition) is 4. The lowest BCUT2D eigenvalue weighted by molar-refractivity contribution is -0.114. The van der Waals surface area contributed by atoms with Crippen molar-refractivity contribution in [2.24, 2.45) is 5.41 Å². The summed E-state index contributed by atoms with van der Waals surface area (Å²) in [7, 11) is 0. The highest BCUT2D eigenvalue weighted by atomic mass is 16.3. The SMILES string of the molecule is CC1=C2CCC[C@H](O)[C@@]2(C)C/C(=C/N[C@@H](C=O)Cc2ccccc2)C1=O. The number of aliphatic hydroxyl groups is 1. The van der Waals surface area contributed by atoms with Gasteiger partial charge in [0, 0.05) is 17.2 Å². The smallest absolute Gasteiger partial charge is 0.186 e. The molecule has 4 heteroatoms. The van der Waals surface area contributed by atoms with E-state index < -0.39 is 6.10 Å². The first kappa shape index (κ1) is 18.6. The van der Waals surface area contributed by atoms with Crippen LogP contribution in [0, 0.1) is 5.41 Å². The maximum Gasteiger partial charge on any atom is 0.186 e. The third-order valence-corrected chi connectivity index (χ3v) is 5.91. The third kappa shape index (κ3) is 3.51. The van der Waals surface area contributed by atoms with Crippen LogP contribution >= 0.6 is 0 Å². The maximum atomic E-state index is 12.8. The zero-order chi connectivity index (χ0) is 18.7. The van der Waals surface area contributed by atoms with Gasteiger partial charge in [0.05, 0.1) is 12.1 Å². The Hall–Kier alpha value is -2.20. The van der Waals surface area contributed by atoms with Crippen LogP contribution in [0.5, 0.6) is 0 Å². The van der Waals surface area contributed by atoms with E-state index in [-0.39, 0.29) is 17.2 Å². The molecular formula is C22H27NO3. The van der Waals surface area contributed by atoms with Gasteiger partial charge in [-0.1, -0.05) is 42.8 Å². The third-order valence-electron chi connectivity index (χ3n) is 5.91. The zero-order valence-electron chi connectivity index (χ0n) is 15.5. The number of aldehydes is 1. The van der Waals surface area contributed by atoms with Crippen molar-refractivity contribution in [1.82, 2.24) is 5.32 Å². The Balaban J connectivity index is 1.79. The van der Waals surface area contributed by atoms with E-state index in [9.17, 15) is 14.7 Å². The maximum absolute atomic E-state index is 12.8. The fourth-order valence-corrected chi connectivity index (χ4v) is 4.31. The number of allylic oxidation sites excluding steroid dienone is 2. The van der Waals surface area contributed by atoms with Crippen molar-refractivity contribution in [2.45, 2.75) is 58.1 Å². The van der Waals surface area contributed by atoms with Gasteiger partial charge in [0.25, 0.3) is 0 Å². The zero-order valence-corrected chi connectivity index (χ0v) is 15.5. The molecule has 2 aliphatic carbocycles. The number of carbonyl (C=O) groups excluding carboxylic acids is 2. The van der Waals surface area contributed by atoms with E-state index in [4.69, 9.17) is 0 Å². The quantitative estimate of drug-likeness (QED) is 0.630. The first-order chi connectivity index (χ1) is 12.5. The fourth-order valence-electron chi connectivity index (χ4n) is 4.31. The largest absolute Gasteiger partial charge is 0.392 e. The standard InChI is InChI=1S/C22H27NO3/c1-15-19-9-6-10-20(25)22(19,2)12-17(21(15)26)13-23-18(14-24)11-16-7-4-3-5-8-16/h3-5,7-8,13-14,18,20,23,25H,6,9-12H2,1-2H3/b17-13-/t18-,20+,22+/m1/s1. The Morgan fingerprint density at radius 2 is 2.08 bits per heavy atom. The number of aliphatic hydroxyl groups excluding tert-OH is 1. The highest BCUT2D eigenvalue weighted by molar-refractivity contribution is 6.09. The molecule has 1 saturated carbocycles.